The van der Waals surface area contributed by atoms with Crippen LogP contribution < -0.4 is 5.69 Å². The SMILES string of the molecule is COCCn1nn[nH]c1=O. The lowest BCUT2D eigenvalue weighted by Crippen LogP contribution is -2.20. The zero-order valence-corrected chi connectivity index (χ0v) is 5.57. The molecule has 0 bridgehead atoms. The molecule has 1 rings (SSSR count). The van der Waals surface area contributed by atoms with Gasteiger partial charge in [0.1, 0.15) is 0 Å². The van der Waals surface area contributed by atoms with Crippen LogP contribution in [0, 0.1) is 0 Å². The molecule has 6 heteroatoms. The first-order chi connectivity index (χ1) is 4.84. The van der Waals surface area contributed by atoms with Gasteiger partial charge in [-0.2, -0.15) is 4.68 Å². The van der Waals surface area contributed by atoms with Gasteiger partial charge in [0.05, 0.1) is 13.2 Å². The zero-order valence-electron chi connectivity index (χ0n) is 5.57. The highest BCUT2D eigenvalue weighted by molar-refractivity contribution is 4.49. The topological polar surface area (TPSA) is 72.8 Å². The highest BCUT2D eigenvalue weighted by atomic mass is 16.5. The molecule has 0 aromatic carbocycles. The van der Waals surface area contributed by atoms with Crippen molar-refractivity contribution < 1.29 is 4.74 Å². The van der Waals surface area contributed by atoms with Crippen molar-refractivity contribution in [2.24, 2.45) is 0 Å². The van der Waals surface area contributed by atoms with Crippen molar-refractivity contribution in [3.8, 4) is 0 Å². The molecule has 0 radical (unpaired) electrons. The fourth-order valence-corrected chi connectivity index (χ4v) is 0.541. The zero-order chi connectivity index (χ0) is 7.40. The summed E-state index contributed by atoms with van der Waals surface area (Å²) in [6.45, 7) is 0.901. The summed E-state index contributed by atoms with van der Waals surface area (Å²) in [5, 5.41) is 8.93. The summed E-state index contributed by atoms with van der Waals surface area (Å²) in [5.41, 5.74) is -0.308. The van der Waals surface area contributed by atoms with Crippen LogP contribution in [0.25, 0.3) is 0 Å². The van der Waals surface area contributed by atoms with Crippen molar-refractivity contribution in [1.82, 2.24) is 20.2 Å². The predicted octanol–water partition coefficient (Wildman–Crippen LogP) is -1.39. The van der Waals surface area contributed by atoms with E-state index >= 15 is 0 Å². The first-order valence-corrected chi connectivity index (χ1v) is 2.81. The van der Waals surface area contributed by atoms with Crippen molar-refractivity contribution in [3.05, 3.63) is 10.5 Å². The van der Waals surface area contributed by atoms with Crippen LogP contribution in [0.4, 0.5) is 0 Å². The lowest BCUT2D eigenvalue weighted by Gasteiger charge is -1.93. The van der Waals surface area contributed by atoms with Gasteiger partial charge in [-0.05, 0) is 10.4 Å². The molecule has 0 atom stereocenters. The molecule has 0 aliphatic heterocycles. The second kappa shape index (κ2) is 3.11. The third-order valence-electron chi connectivity index (χ3n) is 1.04. The van der Waals surface area contributed by atoms with Gasteiger partial charge in [0.15, 0.2) is 0 Å². The van der Waals surface area contributed by atoms with Crippen LogP contribution in [0.5, 0.6) is 0 Å². The molecule has 0 spiro atoms. The minimum absolute atomic E-state index is 0.308. The van der Waals surface area contributed by atoms with Crippen LogP contribution in [0.15, 0.2) is 4.79 Å². The van der Waals surface area contributed by atoms with Gasteiger partial charge < -0.3 is 4.74 Å². The van der Waals surface area contributed by atoms with E-state index in [1.54, 1.807) is 7.11 Å². The lowest BCUT2D eigenvalue weighted by molar-refractivity contribution is 0.181. The maximum Gasteiger partial charge on any atom is 0.361 e. The summed E-state index contributed by atoms with van der Waals surface area (Å²) in [5.74, 6) is 0. The molecule has 1 aromatic heterocycles. The quantitative estimate of drug-likeness (QED) is 0.567. The van der Waals surface area contributed by atoms with Gasteiger partial charge in [-0.1, -0.05) is 0 Å². The standard InChI is InChI=1S/C4H8N4O2/c1-10-3-2-8-4(9)5-6-7-8/h2-3H2,1H3,(H,5,7,9). The van der Waals surface area contributed by atoms with Crippen LogP contribution in [-0.4, -0.2) is 33.9 Å². The summed E-state index contributed by atoms with van der Waals surface area (Å²) in [7, 11) is 1.56. The number of H-pyrrole nitrogens is 1. The number of hydrogen-bond acceptors (Lipinski definition) is 4. The Kier molecular flexibility index (Phi) is 2.16. The van der Waals surface area contributed by atoms with Crippen LogP contribution in [0.1, 0.15) is 0 Å². The molecule has 10 heavy (non-hydrogen) atoms. The van der Waals surface area contributed by atoms with Gasteiger partial charge in [0.25, 0.3) is 0 Å². The van der Waals surface area contributed by atoms with E-state index < -0.39 is 0 Å². The van der Waals surface area contributed by atoms with E-state index in [4.69, 9.17) is 4.74 Å². The van der Waals surface area contributed by atoms with E-state index in [0.717, 1.165) is 0 Å². The normalized spacial score (nSPS) is 10.1. The summed E-state index contributed by atoms with van der Waals surface area (Å²) in [6.07, 6.45) is 0. The third kappa shape index (κ3) is 1.41. The molecule has 0 unspecified atom stereocenters. The van der Waals surface area contributed by atoms with Crippen LogP contribution in [-0.2, 0) is 11.3 Å². The molecule has 1 aromatic rings. The van der Waals surface area contributed by atoms with Crippen molar-refractivity contribution in [3.63, 3.8) is 0 Å². The third-order valence-corrected chi connectivity index (χ3v) is 1.04. The predicted molar refractivity (Wildman–Crippen MR) is 32.5 cm³/mol. The maximum atomic E-state index is 10.7. The monoisotopic (exact) mass is 144 g/mol. The van der Waals surface area contributed by atoms with Crippen LogP contribution in [0.3, 0.4) is 0 Å². The van der Waals surface area contributed by atoms with Crippen LogP contribution in [0.2, 0.25) is 0 Å². The summed E-state index contributed by atoms with van der Waals surface area (Å²) in [6, 6.07) is 0. The van der Waals surface area contributed by atoms with E-state index in [9.17, 15) is 4.79 Å². The molecule has 0 amide bonds. The largest absolute Gasteiger partial charge is 0.383 e. The Hall–Kier alpha value is -1.17. The van der Waals surface area contributed by atoms with Gasteiger partial charge in [-0.3, -0.25) is 0 Å². The number of tetrazole rings is 1. The van der Waals surface area contributed by atoms with E-state index in [-0.39, 0.29) is 5.69 Å². The van der Waals surface area contributed by atoms with Gasteiger partial charge in [-0.15, -0.1) is 0 Å². The average molecular weight is 144 g/mol. The molecular formula is C4H8N4O2. The molecule has 56 valence electrons. The van der Waals surface area contributed by atoms with E-state index in [1.165, 1.54) is 4.68 Å². The summed E-state index contributed by atoms with van der Waals surface area (Å²) < 4.78 is 5.93. The Bertz CT molecular complexity index is 239. The number of aromatic amines is 1. The van der Waals surface area contributed by atoms with E-state index in [0.29, 0.717) is 13.2 Å². The van der Waals surface area contributed by atoms with Gasteiger partial charge in [0.2, 0.25) is 0 Å². The van der Waals surface area contributed by atoms with Crippen LogP contribution >= 0.6 is 0 Å². The Balaban J connectivity index is 2.57. The molecule has 0 aliphatic carbocycles. The fourth-order valence-electron chi connectivity index (χ4n) is 0.541. The maximum absolute atomic E-state index is 10.7. The molecule has 1 N–H and O–H groups in total. The van der Waals surface area contributed by atoms with Crippen molar-refractivity contribution in [1.29, 1.82) is 0 Å². The highest BCUT2D eigenvalue weighted by Gasteiger charge is 1.95. The Morgan fingerprint density at radius 2 is 2.60 bits per heavy atom. The van der Waals surface area contributed by atoms with Gasteiger partial charge >= 0.3 is 5.69 Å². The minimum Gasteiger partial charge on any atom is -0.383 e. The van der Waals surface area contributed by atoms with Crippen molar-refractivity contribution >= 4 is 0 Å². The smallest absolute Gasteiger partial charge is 0.361 e. The first kappa shape index (κ1) is 6.94. The molecule has 6 nitrogen and oxygen atoms in total. The molecule has 0 fully saturated rings. The average Bonchev–Trinajstić information content (AvgIpc) is 2.31. The Morgan fingerprint density at radius 3 is 3.10 bits per heavy atom. The number of methoxy groups -OCH3 is 1. The summed E-state index contributed by atoms with van der Waals surface area (Å²) >= 11 is 0. The summed E-state index contributed by atoms with van der Waals surface area (Å²) in [4.78, 5) is 10.7. The number of rotatable bonds is 3. The fraction of sp³-hybridized carbons (Fsp3) is 0.750. The second-order valence-electron chi connectivity index (χ2n) is 1.72. The van der Waals surface area contributed by atoms with Crippen molar-refractivity contribution in [2.75, 3.05) is 13.7 Å². The van der Waals surface area contributed by atoms with Gasteiger partial charge in [0, 0.05) is 7.11 Å². The number of nitrogens with zero attached hydrogens (tertiary/aromatic N) is 3. The number of nitrogens with one attached hydrogen (secondary N) is 1. The number of aromatic nitrogens is 4. The minimum atomic E-state index is -0.308. The molecule has 0 aliphatic rings. The molecule has 1 heterocycles. The number of hydrogen-bond donors (Lipinski definition) is 1. The van der Waals surface area contributed by atoms with Crippen molar-refractivity contribution in [2.45, 2.75) is 6.54 Å². The highest BCUT2D eigenvalue weighted by Crippen LogP contribution is 1.71. The molecule has 0 saturated carbocycles. The van der Waals surface area contributed by atoms with Gasteiger partial charge in [-0.25, -0.2) is 9.89 Å². The molecule has 0 saturated heterocycles. The first-order valence-electron chi connectivity index (χ1n) is 2.81. The number of ether oxygens (including phenoxy) is 1. The Labute approximate surface area is 56.8 Å². The lowest BCUT2D eigenvalue weighted by atomic mass is 10.7. The van der Waals surface area contributed by atoms with E-state index in [2.05, 4.69) is 15.5 Å². The molecular weight excluding hydrogens is 136 g/mol. The van der Waals surface area contributed by atoms with E-state index in [1.807, 2.05) is 0 Å². The second-order valence-corrected chi connectivity index (χ2v) is 1.72. The Morgan fingerprint density at radius 1 is 1.80 bits per heavy atom.